The van der Waals surface area contributed by atoms with Crippen LogP contribution in [0.3, 0.4) is 0 Å². The number of allylic oxidation sites excluding steroid dienone is 2. The van der Waals surface area contributed by atoms with Gasteiger partial charge in [-0.2, -0.15) is 0 Å². The molecule has 0 saturated carbocycles. The number of hydrogen-bond donors (Lipinski definition) is 1. The first-order chi connectivity index (χ1) is 16.5. The molecular formula is C28H30ClNO4S. The number of methoxy groups -OCH3 is 1. The maximum Gasteiger partial charge on any atom is 0.340 e. The minimum absolute atomic E-state index is 0.00293. The third-order valence-electron chi connectivity index (χ3n) is 6.60. The minimum Gasteiger partial charge on any atom is -0.465 e. The number of hydrogen-bond acceptors (Lipinski definition) is 6. The van der Waals surface area contributed by atoms with Crippen LogP contribution in [0, 0.1) is 19.3 Å². The van der Waals surface area contributed by atoms with Gasteiger partial charge in [-0.1, -0.05) is 37.6 Å². The predicted octanol–water partition coefficient (Wildman–Crippen LogP) is 6.35. The molecule has 1 heterocycles. The van der Waals surface area contributed by atoms with Gasteiger partial charge in [0, 0.05) is 34.1 Å². The highest BCUT2D eigenvalue weighted by Crippen LogP contribution is 2.49. The van der Waals surface area contributed by atoms with Crippen molar-refractivity contribution in [2.24, 2.45) is 11.1 Å². The number of nitrogens with two attached hydrogens (primary N) is 1. The number of carbonyl (C=O) groups excluding carboxylic acids is 2. The lowest BCUT2D eigenvalue weighted by atomic mass is 9.69. The summed E-state index contributed by atoms with van der Waals surface area (Å²) in [4.78, 5) is 27.4. The lowest BCUT2D eigenvalue weighted by Gasteiger charge is -2.38. The number of rotatable bonds is 5. The largest absolute Gasteiger partial charge is 0.465 e. The Labute approximate surface area is 215 Å². The summed E-state index contributed by atoms with van der Waals surface area (Å²) < 4.78 is 11.0. The maximum absolute atomic E-state index is 13.4. The van der Waals surface area contributed by atoms with Crippen molar-refractivity contribution in [2.45, 2.75) is 57.1 Å². The summed E-state index contributed by atoms with van der Waals surface area (Å²) in [5.41, 5.74) is 10.8. The Balaban J connectivity index is 1.81. The average Bonchev–Trinajstić information content (AvgIpc) is 2.77. The van der Waals surface area contributed by atoms with Crippen molar-refractivity contribution < 1.29 is 19.1 Å². The van der Waals surface area contributed by atoms with E-state index in [2.05, 4.69) is 19.1 Å². The van der Waals surface area contributed by atoms with Crippen LogP contribution < -0.4 is 5.73 Å². The van der Waals surface area contributed by atoms with E-state index in [1.54, 1.807) is 11.8 Å². The van der Waals surface area contributed by atoms with E-state index in [9.17, 15) is 9.59 Å². The van der Waals surface area contributed by atoms with E-state index in [1.165, 1.54) is 7.11 Å². The van der Waals surface area contributed by atoms with E-state index in [0.29, 0.717) is 29.2 Å². The number of aryl methyl sites for hydroxylation is 2. The predicted molar refractivity (Wildman–Crippen MR) is 139 cm³/mol. The van der Waals surface area contributed by atoms with Gasteiger partial charge in [0.2, 0.25) is 5.88 Å². The smallest absolute Gasteiger partial charge is 0.340 e. The topological polar surface area (TPSA) is 78.6 Å². The summed E-state index contributed by atoms with van der Waals surface area (Å²) in [5.74, 6) is 0.0427. The number of halogens is 1. The molecule has 0 aromatic heterocycles. The fourth-order valence-corrected chi connectivity index (χ4v) is 5.97. The Bertz CT molecular complexity index is 1260. The summed E-state index contributed by atoms with van der Waals surface area (Å²) in [5, 5.41) is 0.701. The van der Waals surface area contributed by atoms with Gasteiger partial charge in [-0.05, 0) is 65.8 Å². The number of Topliss-reactive ketones (excluding diaryl/α,β-unsaturated/α-hetero) is 1. The van der Waals surface area contributed by atoms with Gasteiger partial charge in [0.1, 0.15) is 11.3 Å². The highest BCUT2D eigenvalue weighted by atomic mass is 35.5. The Morgan fingerprint density at radius 2 is 1.86 bits per heavy atom. The Kier molecular flexibility index (Phi) is 7.07. The lowest BCUT2D eigenvalue weighted by molar-refractivity contribution is -0.136. The molecule has 1 atom stereocenters. The van der Waals surface area contributed by atoms with E-state index >= 15 is 0 Å². The molecule has 0 fully saturated rings. The molecular weight excluding hydrogens is 482 g/mol. The van der Waals surface area contributed by atoms with Crippen molar-refractivity contribution in [2.75, 3.05) is 7.11 Å². The number of ketones is 1. The second-order valence-electron chi connectivity index (χ2n) is 9.96. The molecule has 4 rings (SSSR count). The SMILES string of the molecule is COC(=O)C1=C(N)OC2=C(C(=O)CC(C)(C)C2)C1c1cc(CSc2ccc(Cl)cc2)c(C)cc1C. The zero-order valence-corrected chi connectivity index (χ0v) is 22.2. The number of esters is 1. The van der Waals surface area contributed by atoms with Gasteiger partial charge >= 0.3 is 5.97 Å². The van der Waals surface area contributed by atoms with Crippen LogP contribution in [-0.4, -0.2) is 18.9 Å². The van der Waals surface area contributed by atoms with Crippen molar-refractivity contribution in [3.63, 3.8) is 0 Å². The van der Waals surface area contributed by atoms with Crippen molar-refractivity contribution in [1.29, 1.82) is 0 Å². The summed E-state index contributed by atoms with van der Waals surface area (Å²) in [7, 11) is 1.31. The van der Waals surface area contributed by atoms with E-state index in [4.69, 9.17) is 26.8 Å². The molecule has 7 heteroatoms. The van der Waals surface area contributed by atoms with Crippen LogP contribution in [0.4, 0.5) is 0 Å². The second-order valence-corrected chi connectivity index (χ2v) is 11.4. The molecule has 0 bridgehead atoms. The molecule has 1 aliphatic heterocycles. The van der Waals surface area contributed by atoms with Crippen LogP contribution in [0.5, 0.6) is 0 Å². The van der Waals surface area contributed by atoms with Crippen molar-refractivity contribution in [3.05, 3.63) is 86.5 Å². The zero-order chi connectivity index (χ0) is 25.5. The van der Waals surface area contributed by atoms with Crippen LogP contribution >= 0.6 is 23.4 Å². The Hall–Kier alpha value is -2.70. The molecule has 1 unspecified atom stereocenters. The van der Waals surface area contributed by atoms with Gasteiger partial charge < -0.3 is 15.2 Å². The number of ether oxygens (including phenoxy) is 2. The molecule has 35 heavy (non-hydrogen) atoms. The van der Waals surface area contributed by atoms with Crippen LogP contribution in [0.1, 0.15) is 54.9 Å². The standard InChI is InChI=1S/C28H30ClNO4S/c1-15-10-16(2)20(11-17(15)14-35-19-8-6-18(29)7-9-19)23-24-21(31)12-28(3,4)13-22(24)34-26(30)25(23)27(32)33-5/h6-11,23H,12-14,30H2,1-5H3. The molecule has 2 aromatic rings. The Morgan fingerprint density at radius 3 is 2.51 bits per heavy atom. The van der Waals surface area contributed by atoms with Crippen molar-refractivity contribution in [3.8, 4) is 0 Å². The Morgan fingerprint density at radius 1 is 1.17 bits per heavy atom. The molecule has 5 nitrogen and oxygen atoms in total. The quantitative estimate of drug-likeness (QED) is 0.372. The molecule has 1 aliphatic carbocycles. The summed E-state index contributed by atoms with van der Waals surface area (Å²) in [6.45, 7) is 8.14. The monoisotopic (exact) mass is 511 g/mol. The first kappa shape index (κ1) is 25.4. The van der Waals surface area contributed by atoms with Gasteiger partial charge in [-0.25, -0.2) is 4.79 Å². The normalized spacial score (nSPS) is 19.4. The van der Waals surface area contributed by atoms with E-state index < -0.39 is 11.9 Å². The second kappa shape index (κ2) is 9.75. The van der Waals surface area contributed by atoms with Crippen LogP contribution in [0.25, 0.3) is 0 Å². The third kappa shape index (κ3) is 5.14. The lowest BCUT2D eigenvalue weighted by Crippen LogP contribution is -2.35. The van der Waals surface area contributed by atoms with Crippen molar-refractivity contribution in [1.82, 2.24) is 0 Å². The fraction of sp³-hybridized carbons (Fsp3) is 0.357. The van der Waals surface area contributed by atoms with Gasteiger partial charge in [0.05, 0.1) is 13.0 Å². The number of benzene rings is 2. The van der Waals surface area contributed by atoms with Gasteiger partial charge in [-0.15, -0.1) is 11.8 Å². The average molecular weight is 512 g/mol. The molecule has 0 saturated heterocycles. The highest BCUT2D eigenvalue weighted by molar-refractivity contribution is 7.98. The molecule has 0 spiro atoms. The molecule has 0 radical (unpaired) electrons. The first-order valence-electron chi connectivity index (χ1n) is 11.5. The summed E-state index contributed by atoms with van der Waals surface area (Å²) in [6.07, 6.45) is 0.953. The third-order valence-corrected chi connectivity index (χ3v) is 7.92. The molecule has 2 aromatic carbocycles. The number of thioether (sulfide) groups is 1. The van der Waals surface area contributed by atoms with E-state index in [-0.39, 0.29) is 22.7 Å². The van der Waals surface area contributed by atoms with Gasteiger partial charge in [0.15, 0.2) is 5.78 Å². The molecule has 0 amide bonds. The van der Waals surface area contributed by atoms with E-state index in [1.807, 2.05) is 45.0 Å². The molecule has 2 N–H and O–H groups in total. The number of carbonyl (C=O) groups is 2. The van der Waals surface area contributed by atoms with Crippen LogP contribution in [0.15, 0.2) is 64.1 Å². The van der Waals surface area contributed by atoms with Crippen LogP contribution in [0.2, 0.25) is 5.02 Å². The minimum atomic E-state index is -0.630. The zero-order valence-electron chi connectivity index (χ0n) is 20.7. The first-order valence-corrected chi connectivity index (χ1v) is 12.9. The highest BCUT2D eigenvalue weighted by Gasteiger charge is 2.45. The van der Waals surface area contributed by atoms with Gasteiger partial charge in [-0.3, -0.25) is 4.79 Å². The summed E-state index contributed by atoms with van der Waals surface area (Å²) >= 11 is 7.73. The molecule has 2 aliphatic rings. The maximum atomic E-state index is 13.4. The van der Waals surface area contributed by atoms with Gasteiger partial charge in [0.25, 0.3) is 0 Å². The van der Waals surface area contributed by atoms with Crippen molar-refractivity contribution >= 4 is 35.1 Å². The van der Waals surface area contributed by atoms with E-state index in [0.717, 1.165) is 32.9 Å². The fourth-order valence-electron chi connectivity index (χ4n) is 4.88. The van der Waals surface area contributed by atoms with Crippen LogP contribution in [-0.2, 0) is 24.8 Å². The molecule has 184 valence electrons. The summed E-state index contributed by atoms with van der Waals surface area (Å²) in [6, 6.07) is 11.9.